The van der Waals surface area contributed by atoms with Gasteiger partial charge in [-0.05, 0) is 73.0 Å². The SMILES string of the molecule is COc1ccc(N2C(=O)/C(=C/c3ccc(OCC(=O)Nc4c(C)cccc4C)cc3)SC2=S)cc1. The van der Waals surface area contributed by atoms with Crippen LogP contribution in [0.2, 0.25) is 0 Å². The first-order chi connectivity index (χ1) is 16.9. The average Bonchev–Trinajstić information content (AvgIpc) is 3.13. The summed E-state index contributed by atoms with van der Waals surface area (Å²) in [5.74, 6) is 0.867. The molecule has 0 aliphatic carbocycles. The molecule has 0 aromatic heterocycles. The van der Waals surface area contributed by atoms with Crippen LogP contribution in [0, 0.1) is 13.8 Å². The normalized spacial score (nSPS) is 14.4. The molecule has 1 aliphatic heterocycles. The zero-order valence-corrected chi connectivity index (χ0v) is 21.2. The van der Waals surface area contributed by atoms with Crippen LogP contribution in [-0.2, 0) is 9.59 Å². The van der Waals surface area contributed by atoms with Crippen LogP contribution < -0.4 is 19.7 Å². The molecule has 0 bridgehead atoms. The van der Waals surface area contributed by atoms with E-state index in [-0.39, 0.29) is 18.4 Å². The fourth-order valence-electron chi connectivity index (χ4n) is 3.57. The molecule has 3 aromatic rings. The highest BCUT2D eigenvalue weighted by Crippen LogP contribution is 2.36. The molecule has 8 heteroatoms. The predicted octanol–water partition coefficient (Wildman–Crippen LogP) is 5.74. The number of thiocarbonyl (C=S) groups is 1. The number of amides is 2. The summed E-state index contributed by atoms with van der Waals surface area (Å²) >= 11 is 6.69. The largest absolute Gasteiger partial charge is 0.497 e. The van der Waals surface area contributed by atoms with Gasteiger partial charge in [0.05, 0.1) is 17.7 Å². The Morgan fingerprint density at radius 2 is 1.63 bits per heavy atom. The van der Waals surface area contributed by atoms with Gasteiger partial charge < -0.3 is 14.8 Å². The van der Waals surface area contributed by atoms with Crippen molar-refractivity contribution in [1.29, 1.82) is 0 Å². The van der Waals surface area contributed by atoms with Crippen LogP contribution >= 0.6 is 24.0 Å². The highest BCUT2D eigenvalue weighted by Gasteiger charge is 2.33. The molecule has 4 rings (SSSR count). The van der Waals surface area contributed by atoms with Gasteiger partial charge in [-0.25, -0.2) is 0 Å². The maximum absolute atomic E-state index is 13.0. The van der Waals surface area contributed by atoms with E-state index in [4.69, 9.17) is 21.7 Å². The van der Waals surface area contributed by atoms with Crippen molar-refractivity contribution in [2.75, 3.05) is 23.9 Å². The zero-order valence-electron chi connectivity index (χ0n) is 19.5. The van der Waals surface area contributed by atoms with E-state index in [0.29, 0.717) is 26.4 Å². The summed E-state index contributed by atoms with van der Waals surface area (Å²) in [5, 5.41) is 2.90. The van der Waals surface area contributed by atoms with Crippen molar-refractivity contribution in [3.05, 3.63) is 88.3 Å². The average molecular weight is 505 g/mol. The van der Waals surface area contributed by atoms with Crippen LogP contribution in [0.4, 0.5) is 11.4 Å². The lowest BCUT2D eigenvalue weighted by Crippen LogP contribution is -2.27. The molecule has 2 amide bonds. The number of rotatable bonds is 7. The van der Waals surface area contributed by atoms with Gasteiger partial charge in [-0.15, -0.1) is 0 Å². The molecule has 1 N–H and O–H groups in total. The molecule has 1 heterocycles. The van der Waals surface area contributed by atoms with Crippen molar-refractivity contribution in [2.24, 2.45) is 0 Å². The van der Waals surface area contributed by atoms with Crippen molar-refractivity contribution in [3.63, 3.8) is 0 Å². The summed E-state index contributed by atoms with van der Waals surface area (Å²) in [4.78, 5) is 27.3. The molecule has 1 fully saturated rings. The van der Waals surface area contributed by atoms with Crippen molar-refractivity contribution < 1.29 is 19.1 Å². The van der Waals surface area contributed by atoms with E-state index in [1.165, 1.54) is 16.7 Å². The number of thioether (sulfide) groups is 1. The number of carbonyl (C=O) groups is 2. The molecule has 1 aliphatic rings. The van der Waals surface area contributed by atoms with Gasteiger partial charge in [0.25, 0.3) is 11.8 Å². The molecule has 0 unspecified atom stereocenters. The second-order valence-corrected chi connectivity index (χ2v) is 9.56. The number of methoxy groups -OCH3 is 1. The molecule has 178 valence electrons. The summed E-state index contributed by atoms with van der Waals surface area (Å²) in [6, 6.07) is 20.2. The van der Waals surface area contributed by atoms with Crippen LogP contribution in [0.15, 0.2) is 71.6 Å². The molecular weight excluding hydrogens is 480 g/mol. The van der Waals surface area contributed by atoms with Gasteiger partial charge in [0, 0.05) is 5.69 Å². The second kappa shape index (κ2) is 10.8. The topological polar surface area (TPSA) is 67.9 Å². The number of hydrogen-bond acceptors (Lipinski definition) is 6. The maximum atomic E-state index is 13.0. The summed E-state index contributed by atoms with van der Waals surface area (Å²) in [5.41, 5.74) is 4.33. The number of ether oxygens (including phenoxy) is 2. The highest BCUT2D eigenvalue weighted by molar-refractivity contribution is 8.27. The Bertz CT molecular complexity index is 1280. The second-order valence-electron chi connectivity index (χ2n) is 7.89. The van der Waals surface area contributed by atoms with Gasteiger partial charge >= 0.3 is 0 Å². The number of nitrogens with zero attached hydrogens (tertiary/aromatic N) is 1. The third-order valence-electron chi connectivity index (χ3n) is 5.42. The molecule has 0 spiro atoms. The first-order valence-corrected chi connectivity index (χ1v) is 12.1. The number of aryl methyl sites for hydroxylation is 2. The van der Waals surface area contributed by atoms with Gasteiger partial charge in [-0.2, -0.15) is 0 Å². The highest BCUT2D eigenvalue weighted by atomic mass is 32.2. The number of anilines is 2. The predicted molar refractivity (Wildman–Crippen MR) is 145 cm³/mol. The van der Waals surface area contributed by atoms with E-state index in [0.717, 1.165) is 22.4 Å². The Morgan fingerprint density at radius 1 is 1.00 bits per heavy atom. The smallest absolute Gasteiger partial charge is 0.270 e. The van der Waals surface area contributed by atoms with Crippen molar-refractivity contribution in [3.8, 4) is 11.5 Å². The van der Waals surface area contributed by atoms with Crippen LogP contribution in [0.3, 0.4) is 0 Å². The Kier molecular flexibility index (Phi) is 7.53. The van der Waals surface area contributed by atoms with Gasteiger partial charge in [0.1, 0.15) is 11.5 Å². The number of hydrogen-bond donors (Lipinski definition) is 1. The van der Waals surface area contributed by atoms with E-state index >= 15 is 0 Å². The number of benzene rings is 3. The van der Waals surface area contributed by atoms with Gasteiger partial charge in [-0.3, -0.25) is 14.5 Å². The zero-order chi connectivity index (χ0) is 24.9. The van der Waals surface area contributed by atoms with Crippen molar-refractivity contribution >= 4 is 57.6 Å². The minimum Gasteiger partial charge on any atom is -0.497 e. The summed E-state index contributed by atoms with van der Waals surface area (Å²) in [6.45, 7) is 3.80. The summed E-state index contributed by atoms with van der Waals surface area (Å²) in [6.07, 6.45) is 1.79. The van der Waals surface area contributed by atoms with Gasteiger partial charge in [0.2, 0.25) is 0 Å². The van der Waals surface area contributed by atoms with E-state index in [2.05, 4.69) is 5.32 Å². The lowest BCUT2D eigenvalue weighted by Gasteiger charge is -2.14. The van der Waals surface area contributed by atoms with E-state index in [1.807, 2.05) is 44.2 Å². The molecular formula is C27H24N2O4S2. The fourth-order valence-corrected chi connectivity index (χ4v) is 4.87. The number of carbonyl (C=O) groups excluding carboxylic acids is 2. The lowest BCUT2D eigenvalue weighted by atomic mass is 10.1. The molecule has 1 saturated heterocycles. The quantitative estimate of drug-likeness (QED) is 0.327. The fraction of sp³-hybridized carbons (Fsp3) is 0.148. The van der Waals surface area contributed by atoms with Crippen LogP contribution in [0.5, 0.6) is 11.5 Å². The standard InChI is InChI=1S/C27H24N2O4S2/c1-17-5-4-6-18(2)25(17)28-24(30)16-33-22-11-7-19(8-12-22)15-23-26(31)29(27(34)35-23)20-9-13-21(32-3)14-10-20/h4-15H,16H2,1-3H3,(H,28,30)/b23-15-. The maximum Gasteiger partial charge on any atom is 0.270 e. The summed E-state index contributed by atoms with van der Waals surface area (Å²) < 4.78 is 11.3. The van der Waals surface area contributed by atoms with Crippen LogP contribution in [-0.4, -0.2) is 29.9 Å². The molecule has 0 atom stereocenters. The van der Waals surface area contributed by atoms with Crippen molar-refractivity contribution in [1.82, 2.24) is 0 Å². The van der Waals surface area contributed by atoms with E-state index in [1.54, 1.807) is 49.6 Å². The van der Waals surface area contributed by atoms with E-state index < -0.39 is 0 Å². The third-order valence-corrected chi connectivity index (χ3v) is 6.72. The van der Waals surface area contributed by atoms with Crippen LogP contribution in [0.25, 0.3) is 6.08 Å². The Labute approximate surface area is 213 Å². The minimum absolute atomic E-state index is 0.104. The first-order valence-electron chi connectivity index (χ1n) is 10.9. The van der Waals surface area contributed by atoms with Gasteiger partial charge in [-0.1, -0.05) is 54.3 Å². The number of nitrogens with one attached hydrogen (secondary N) is 1. The minimum atomic E-state index is -0.228. The monoisotopic (exact) mass is 504 g/mol. The van der Waals surface area contributed by atoms with Crippen LogP contribution in [0.1, 0.15) is 16.7 Å². The summed E-state index contributed by atoms with van der Waals surface area (Å²) in [7, 11) is 1.59. The molecule has 0 radical (unpaired) electrons. The number of para-hydroxylation sites is 1. The van der Waals surface area contributed by atoms with Crippen molar-refractivity contribution in [2.45, 2.75) is 13.8 Å². The molecule has 35 heavy (non-hydrogen) atoms. The molecule has 6 nitrogen and oxygen atoms in total. The molecule has 3 aromatic carbocycles. The Morgan fingerprint density at radius 3 is 2.26 bits per heavy atom. The Hall–Kier alpha value is -3.62. The third kappa shape index (κ3) is 5.72. The molecule has 0 saturated carbocycles. The first kappa shape index (κ1) is 24.5. The van der Waals surface area contributed by atoms with E-state index in [9.17, 15) is 9.59 Å². The Balaban J connectivity index is 1.38. The lowest BCUT2D eigenvalue weighted by molar-refractivity contribution is -0.118. The van der Waals surface area contributed by atoms with Gasteiger partial charge in [0.15, 0.2) is 10.9 Å².